The minimum Gasteiger partial charge on any atom is -0.325 e. The van der Waals surface area contributed by atoms with E-state index in [2.05, 4.69) is 33.1 Å². The summed E-state index contributed by atoms with van der Waals surface area (Å²) in [6.45, 7) is 0.880. The van der Waals surface area contributed by atoms with Gasteiger partial charge in [0.15, 0.2) is 5.82 Å². The summed E-state index contributed by atoms with van der Waals surface area (Å²) in [5.41, 5.74) is 3.64. The highest BCUT2D eigenvalue weighted by Crippen LogP contribution is 2.32. The predicted molar refractivity (Wildman–Crippen MR) is 98.4 cm³/mol. The van der Waals surface area contributed by atoms with Crippen LogP contribution in [0.2, 0.25) is 0 Å². The summed E-state index contributed by atoms with van der Waals surface area (Å²) >= 11 is 0. The van der Waals surface area contributed by atoms with Crippen molar-refractivity contribution < 1.29 is 4.79 Å². The molecule has 0 fully saturated rings. The molecule has 0 spiro atoms. The van der Waals surface area contributed by atoms with Crippen LogP contribution in [0.3, 0.4) is 0 Å². The molecule has 5 nitrogen and oxygen atoms in total. The molecule has 2 aromatic carbocycles. The summed E-state index contributed by atoms with van der Waals surface area (Å²) < 4.78 is 0. The van der Waals surface area contributed by atoms with Crippen molar-refractivity contribution in [2.75, 3.05) is 23.4 Å². The summed E-state index contributed by atoms with van der Waals surface area (Å²) in [5, 5.41) is 0. The van der Waals surface area contributed by atoms with Gasteiger partial charge >= 0.3 is 0 Å². The second kappa shape index (κ2) is 6.36. The molecule has 0 radical (unpaired) electrons. The Morgan fingerprint density at radius 2 is 1.76 bits per heavy atom. The molecule has 0 atom stereocenters. The van der Waals surface area contributed by atoms with Gasteiger partial charge in [-0.3, -0.25) is 4.79 Å². The molecule has 1 amide bonds. The number of hydrogen-bond acceptors (Lipinski definition) is 4. The molecule has 5 heteroatoms. The Balaban J connectivity index is 1.56. The van der Waals surface area contributed by atoms with Crippen molar-refractivity contribution in [3.63, 3.8) is 0 Å². The average molecular weight is 330 g/mol. The van der Waals surface area contributed by atoms with Crippen molar-refractivity contribution in [3.05, 3.63) is 78.2 Å². The number of anilines is 3. The predicted octanol–water partition coefficient (Wildman–Crippen LogP) is 3.45. The number of benzene rings is 2. The van der Waals surface area contributed by atoms with Crippen molar-refractivity contribution in [3.8, 4) is 0 Å². The molecule has 0 saturated heterocycles. The van der Waals surface area contributed by atoms with Crippen LogP contribution in [0.1, 0.15) is 16.1 Å². The summed E-state index contributed by atoms with van der Waals surface area (Å²) in [4.78, 5) is 25.1. The molecule has 1 aromatic heterocycles. The van der Waals surface area contributed by atoms with Gasteiger partial charge in [0.25, 0.3) is 5.91 Å². The zero-order chi connectivity index (χ0) is 17.2. The van der Waals surface area contributed by atoms with E-state index < -0.39 is 0 Å². The Kier molecular flexibility index (Phi) is 3.90. The lowest BCUT2D eigenvalue weighted by atomic mass is 10.2. The summed E-state index contributed by atoms with van der Waals surface area (Å²) in [5.74, 6) is 0.593. The van der Waals surface area contributed by atoms with Gasteiger partial charge in [-0.25, -0.2) is 9.97 Å². The van der Waals surface area contributed by atoms with Gasteiger partial charge in [-0.15, -0.1) is 0 Å². The van der Waals surface area contributed by atoms with E-state index in [0.717, 1.165) is 30.2 Å². The molecular weight excluding hydrogens is 312 g/mol. The van der Waals surface area contributed by atoms with Crippen LogP contribution in [-0.2, 0) is 6.42 Å². The molecular formula is C20H18N4O. The van der Waals surface area contributed by atoms with E-state index in [4.69, 9.17) is 0 Å². The van der Waals surface area contributed by atoms with E-state index in [9.17, 15) is 4.79 Å². The smallest absolute Gasteiger partial charge is 0.278 e. The normalized spacial score (nSPS) is 12.8. The topological polar surface area (TPSA) is 49.3 Å². The first-order chi connectivity index (χ1) is 12.2. The highest BCUT2D eigenvalue weighted by atomic mass is 16.2. The van der Waals surface area contributed by atoms with Crippen molar-refractivity contribution >= 4 is 23.1 Å². The maximum absolute atomic E-state index is 12.6. The van der Waals surface area contributed by atoms with Gasteiger partial charge < -0.3 is 9.80 Å². The Hall–Kier alpha value is -3.21. The van der Waals surface area contributed by atoms with Gasteiger partial charge in [0.2, 0.25) is 0 Å². The molecule has 0 saturated carbocycles. The van der Waals surface area contributed by atoms with Gasteiger partial charge in [0.1, 0.15) is 5.69 Å². The van der Waals surface area contributed by atoms with Crippen molar-refractivity contribution in [1.82, 2.24) is 9.97 Å². The lowest BCUT2D eigenvalue weighted by Crippen LogP contribution is -2.27. The molecule has 2 heterocycles. The van der Waals surface area contributed by atoms with Crippen LogP contribution < -0.4 is 9.80 Å². The summed E-state index contributed by atoms with van der Waals surface area (Å²) in [6.07, 6.45) is 4.22. The first-order valence-corrected chi connectivity index (χ1v) is 8.24. The third kappa shape index (κ3) is 2.85. The number of nitrogens with zero attached hydrogens (tertiary/aromatic N) is 4. The van der Waals surface area contributed by atoms with Crippen molar-refractivity contribution in [2.45, 2.75) is 6.42 Å². The van der Waals surface area contributed by atoms with Crippen LogP contribution in [-0.4, -0.2) is 29.5 Å². The van der Waals surface area contributed by atoms with E-state index in [1.807, 2.05) is 36.4 Å². The highest BCUT2D eigenvalue weighted by Gasteiger charge is 2.22. The molecule has 124 valence electrons. The lowest BCUT2D eigenvalue weighted by molar-refractivity contribution is 0.0988. The SMILES string of the molecule is CN(C(=O)c1cnc(N2CCc3ccccc32)cn1)c1ccccc1. The number of hydrogen-bond donors (Lipinski definition) is 0. The largest absolute Gasteiger partial charge is 0.325 e. The number of rotatable bonds is 3. The van der Waals surface area contributed by atoms with Crippen molar-refractivity contribution in [2.24, 2.45) is 0 Å². The van der Waals surface area contributed by atoms with Crippen LogP contribution >= 0.6 is 0 Å². The number of para-hydroxylation sites is 2. The van der Waals surface area contributed by atoms with Crippen LogP contribution in [0.25, 0.3) is 0 Å². The van der Waals surface area contributed by atoms with Gasteiger partial charge in [0.05, 0.1) is 12.4 Å². The van der Waals surface area contributed by atoms with Gasteiger partial charge in [-0.1, -0.05) is 36.4 Å². The number of carbonyl (C=O) groups excluding carboxylic acids is 1. The third-order valence-electron chi connectivity index (χ3n) is 4.47. The average Bonchev–Trinajstić information content (AvgIpc) is 3.12. The Morgan fingerprint density at radius 3 is 2.52 bits per heavy atom. The van der Waals surface area contributed by atoms with Gasteiger partial charge in [0, 0.05) is 25.0 Å². The maximum Gasteiger partial charge on any atom is 0.278 e. The minimum atomic E-state index is -0.174. The monoisotopic (exact) mass is 330 g/mol. The van der Waals surface area contributed by atoms with Crippen LogP contribution in [0.15, 0.2) is 67.0 Å². The lowest BCUT2D eigenvalue weighted by Gasteiger charge is -2.19. The molecule has 0 aliphatic carbocycles. The zero-order valence-corrected chi connectivity index (χ0v) is 14.0. The maximum atomic E-state index is 12.6. The zero-order valence-electron chi connectivity index (χ0n) is 14.0. The second-order valence-electron chi connectivity index (χ2n) is 5.99. The second-order valence-corrected chi connectivity index (χ2v) is 5.99. The Morgan fingerprint density at radius 1 is 1.00 bits per heavy atom. The number of fused-ring (bicyclic) bond motifs is 1. The molecule has 3 aromatic rings. The molecule has 1 aliphatic rings. The minimum absolute atomic E-state index is 0.174. The number of carbonyl (C=O) groups is 1. The number of amides is 1. The molecule has 0 N–H and O–H groups in total. The molecule has 1 aliphatic heterocycles. The molecule has 4 rings (SSSR count). The van der Waals surface area contributed by atoms with E-state index in [-0.39, 0.29) is 5.91 Å². The quantitative estimate of drug-likeness (QED) is 0.738. The Labute approximate surface area is 146 Å². The summed E-state index contributed by atoms with van der Waals surface area (Å²) in [7, 11) is 1.74. The van der Waals surface area contributed by atoms with Crippen molar-refractivity contribution in [1.29, 1.82) is 0 Å². The third-order valence-corrected chi connectivity index (χ3v) is 4.47. The highest BCUT2D eigenvalue weighted by molar-refractivity contribution is 6.04. The fraction of sp³-hybridized carbons (Fsp3) is 0.150. The van der Waals surface area contributed by atoms with Crippen LogP contribution in [0, 0.1) is 0 Å². The molecule has 25 heavy (non-hydrogen) atoms. The van der Waals surface area contributed by atoms with E-state index in [1.165, 1.54) is 5.56 Å². The van der Waals surface area contributed by atoms with E-state index >= 15 is 0 Å². The fourth-order valence-corrected chi connectivity index (χ4v) is 3.09. The van der Waals surface area contributed by atoms with Crippen LogP contribution in [0.4, 0.5) is 17.2 Å². The van der Waals surface area contributed by atoms with E-state index in [0.29, 0.717) is 5.69 Å². The van der Waals surface area contributed by atoms with Gasteiger partial charge in [-0.05, 0) is 30.2 Å². The number of aromatic nitrogens is 2. The fourth-order valence-electron chi connectivity index (χ4n) is 3.09. The molecule has 0 unspecified atom stereocenters. The van der Waals surface area contributed by atoms with Gasteiger partial charge in [-0.2, -0.15) is 0 Å². The first-order valence-electron chi connectivity index (χ1n) is 8.24. The summed E-state index contributed by atoms with van der Waals surface area (Å²) in [6, 6.07) is 17.8. The molecule has 0 bridgehead atoms. The standard InChI is InChI=1S/C20H18N4O/c1-23(16-8-3-2-4-9-16)20(25)17-13-22-19(14-21-17)24-12-11-15-7-5-6-10-18(15)24/h2-10,13-14H,11-12H2,1H3. The van der Waals surface area contributed by atoms with E-state index in [1.54, 1.807) is 24.3 Å². The first kappa shape index (κ1) is 15.3. The van der Waals surface area contributed by atoms with Crippen LogP contribution in [0.5, 0.6) is 0 Å². The Bertz CT molecular complexity index is 893.